The van der Waals surface area contributed by atoms with Crippen molar-refractivity contribution < 1.29 is 14.6 Å². The first kappa shape index (κ1) is 19.1. The minimum absolute atomic E-state index is 0.215. The number of hydrogen-bond donors (Lipinski definition) is 1. The largest absolute Gasteiger partial charge is 0.456 e. The van der Waals surface area contributed by atoms with Crippen molar-refractivity contribution >= 4 is 5.97 Å². The van der Waals surface area contributed by atoms with E-state index in [1.807, 2.05) is 6.07 Å². The van der Waals surface area contributed by atoms with Crippen LogP contribution < -0.4 is 0 Å². The van der Waals surface area contributed by atoms with Gasteiger partial charge in [-0.3, -0.25) is 4.90 Å². The molecule has 0 radical (unpaired) electrons. The molecule has 0 aliphatic carbocycles. The predicted molar refractivity (Wildman–Crippen MR) is 105 cm³/mol. The topological polar surface area (TPSA) is 110 Å². The van der Waals surface area contributed by atoms with E-state index in [2.05, 4.69) is 30.3 Å². The lowest BCUT2D eigenvalue weighted by Crippen LogP contribution is -2.44. The number of aromatic nitrogens is 5. The van der Waals surface area contributed by atoms with Gasteiger partial charge in [-0.05, 0) is 42.3 Å². The molecule has 5 heterocycles. The first-order chi connectivity index (χ1) is 14.6. The third-order valence-electron chi connectivity index (χ3n) is 6.40. The highest BCUT2D eigenvalue weighted by molar-refractivity contribution is 5.85. The molecule has 2 unspecified atom stereocenters. The van der Waals surface area contributed by atoms with Crippen molar-refractivity contribution in [1.82, 2.24) is 35.0 Å². The van der Waals surface area contributed by atoms with Crippen LogP contribution in [0.1, 0.15) is 30.9 Å². The predicted octanol–water partition coefficient (Wildman–Crippen LogP) is 0.319. The Labute approximate surface area is 174 Å². The molecule has 2 atom stereocenters. The second kappa shape index (κ2) is 7.77. The summed E-state index contributed by atoms with van der Waals surface area (Å²) in [6, 6.07) is 3.67. The quantitative estimate of drug-likeness (QED) is 0.696. The van der Waals surface area contributed by atoms with Gasteiger partial charge < -0.3 is 14.7 Å². The van der Waals surface area contributed by atoms with E-state index in [-0.39, 0.29) is 11.4 Å². The standard InChI is InChI=1S/C20H25N7O3/c28-17(15-2-3-18(21-9-15)27-14-22-23-24-27)10-25-7-5-20(12-25)4-1-6-26(13-20)16-8-19(29)30-11-16/h2-3,8-9,14,17,28H,1,4-7,10-13H2. The summed E-state index contributed by atoms with van der Waals surface area (Å²) in [6.45, 7) is 4.83. The number of aliphatic hydroxyl groups excluding tert-OH is 1. The van der Waals surface area contributed by atoms with Gasteiger partial charge in [0.25, 0.3) is 0 Å². The van der Waals surface area contributed by atoms with Crippen molar-refractivity contribution in [1.29, 1.82) is 0 Å². The van der Waals surface area contributed by atoms with Crippen LogP contribution in [0, 0.1) is 5.41 Å². The average Bonchev–Trinajstić information content (AvgIpc) is 3.51. The van der Waals surface area contributed by atoms with Crippen molar-refractivity contribution in [2.75, 3.05) is 39.3 Å². The minimum atomic E-state index is -0.598. The zero-order chi connectivity index (χ0) is 20.6. The maximum absolute atomic E-state index is 11.4. The lowest BCUT2D eigenvalue weighted by molar-refractivity contribution is -0.135. The van der Waals surface area contributed by atoms with E-state index in [9.17, 15) is 9.90 Å². The highest BCUT2D eigenvalue weighted by Crippen LogP contribution is 2.40. The Morgan fingerprint density at radius 1 is 1.23 bits per heavy atom. The Morgan fingerprint density at radius 3 is 2.90 bits per heavy atom. The summed E-state index contributed by atoms with van der Waals surface area (Å²) in [6.07, 6.45) is 7.60. The van der Waals surface area contributed by atoms with Crippen molar-refractivity contribution in [2.24, 2.45) is 5.41 Å². The zero-order valence-corrected chi connectivity index (χ0v) is 16.7. The van der Waals surface area contributed by atoms with Crippen LogP contribution in [0.2, 0.25) is 0 Å². The van der Waals surface area contributed by atoms with Crippen LogP contribution in [0.4, 0.5) is 0 Å². The molecule has 10 heteroatoms. The van der Waals surface area contributed by atoms with Crippen LogP contribution in [0.3, 0.4) is 0 Å². The molecule has 30 heavy (non-hydrogen) atoms. The summed E-state index contributed by atoms with van der Waals surface area (Å²) in [5.74, 6) is 0.377. The number of cyclic esters (lactones) is 1. The number of hydrogen-bond acceptors (Lipinski definition) is 9. The molecular formula is C20H25N7O3. The van der Waals surface area contributed by atoms with Gasteiger partial charge >= 0.3 is 5.97 Å². The highest BCUT2D eigenvalue weighted by Gasteiger charge is 2.42. The van der Waals surface area contributed by atoms with Crippen molar-refractivity contribution in [2.45, 2.75) is 25.4 Å². The monoisotopic (exact) mass is 411 g/mol. The van der Waals surface area contributed by atoms with Crippen LogP contribution in [0.5, 0.6) is 0 Å². The summed E-state index contributed by atoms with van der Waals surface area (Å²) in [5, 5.41) is 21.8. The number of likely N-dealkylation sites (tertiary alicyclic amines) is 2. The van der Waals surface area contributed by atoms with E-state index < -0.39 is 6.10 Å². The molecule has 0 bridgehead atoms. The number of β-amino-alcohol motifs (C(OH)–C–C–N with tert-alkyl or cyclic N) is 1. The normalized spacial score (nSPS) is 25.6. The summed E-state index contributed by atoms with van der Waals surface area (Å²) in [4.78, 5) is 20.4. The zero-order valence-electron chi connectivity index (χ0n) is 16.7. The Morgan fingerprint density at radius 2 is 2.17 bits per heavy atom. The number of piperidine rings is 1. The second-order valence-electron chi connectivity index (χ2n) is 8.47. The number of carbonyl (C=O) groups is 1. The SMILES string of the molecule is O=C1C=C(N2CCCC3(CCN(CC(O)c4ccc(-n5cnnn5)nc4)C3)C2)CO1. The Kier molecular flexibility index (Phi) is 4.95. The molecule has 0 aromatic carbocycles. The summed E-state index contributed by atoms with van der Waals surface area (Å²) in [5.41, 5.74) is 2.00. The van der Waals surface area contributed by atoms with Crippen molar-refractivity contribution in [3.8, 4) is 5.82 Å². The van der Waals surface area contributed by atoms with Crippen LogP contribution >= 0.6 is 0 Å². The molecule has 0 amide bonds. The van der Waals surface area contributed by atoms with Crippen molar-refractivity contribution in [3.05, 3.63) is 42.0 Å². The summed E-state index contributed by atoms with van der Waals surface area (Å²) in [7, 11) is 0. The Hall–Kier alpha value is -2.85. The van der Waals surface area contributed by atoms with Gasteiger partial charge in [-0.2, -0.15) is 4.68 Å². The maximum Gasteiger partial charge on any atom is 0.333 e. The number of aliphatic hydroxyl groups is 1. The van der Waals surface area contributed by atoms with Crippen LogP contribution in [-0.2, 0) is 9.53 Å². The van der Waals surface area contributed by atoms with E-state index in [1.165, 1.54) is 17.4 Å². The van der Waals surface area contributed by atoms with Crippen LogP contribution in [0.25, 0.3) is 5.82 Å². The first-order valence-electron chi connectivity index (χ1n) is 10.3. The number of rotatable bonds is 5. The van der Waals surface area contributed by atoms with E-state index in [1.54, 1.807) is 18.3 Å². The van der Waals surface area contributed by atoms with Crippen LogP contribution in [0.15, 0.2) is 36.4 Å². The van der Waals surface area contributed by atoms with E-state index >= 15 is 0 Å². The number of carbonyl (C=O) groups excluding carboxylic acids is 1. The van der Waals surface area contributed by atoms with Gasteiger partial charge in [-0.15, -0.1) is 5.10 Å². The average molecular weight is 411 g/mol. The number of pyridine rings is 1. The molecule has 3 aliphatic heterocycles. The molecule has 1 N–H and O–H groups in total. The second-order valence-corrected chi connectivity index (χ2v) is 8.47. The number of esters is 1. The first-order valence-corrected chi connectivity index (χ1v) is 10.3. The molecule has 10 nitrogen and oxygen atoms in total. The van der Waals surface area contributed by atoms with E-state index in [0.29, 0.717) is 19.0 Å². The molecule has 2 fully saturated rings. The molecule has 0 saturated carbocycles. The van der Waals surface area contributed by atoms with Gasteiger partial charge in [0, 0.05) is 49.4 Å². The fourth-order valence-corrected chi connectivity index (χ4v) is 4.86. The van der Waals surface area contributed by atoms with Gasteiger partial charge in [0.2, 0.25) is 0 Å². The molecule has 3 aliphatic rings. The molecule has 2 saturated heterocycles. The van der Waals surface area contributed by atoms with Gasteiger partial charge in [0.15, 0.2) is 5.82 Å². The lowest BCUT2D eigenvalue weighted by atomic mass is 9.79. The van der Waals surface area contributed by atoms with Gasteiger partial charge in [-0.1, -0.05) is 6.07 Å². The smallest absolute Gasteiger partial charge is 0.333 e. The van der Waals surface area contributed by atoms with Gasteiger partial charge in [0.1, 0.15) is 12.9 Å². The number of tetrazole rings is 1. The van der Waals surface area contributed by atoms with Crippen molar-refractivity contribution in [3.63, 3.8) is 0 Å². The fourth-order valence-electron chi connectivity index (χ4n) is 4.86. The van der Waals surface area contributed by atoms with Gasteiger partial charge in [-0.25, -0.2) is 9.78 Å². The third kappa shape index (κ3) is 3.80. The number of ether oxygens (including phenoxy) is 1. The molecule has 158 valence electrons. The van der Waals surface area contributed by atoms with E-state index in [0.717, 1.165) is 50.3 Å². The fraction of sp³-hybridized carbons (Fsp3) is 0.550. The number of nitrogens with zero attached hydrogens (tertiary/aromatic N) is 7. The Bertz CT molecular complexity index is 930. The Balaban J connectivity index is 1.20. The molecule has 1 spiro atoms. The molecular weight excluding hydrogens is 386 g/mol. The van der Waals surface area contributed by atoms with Crippen LogP contribution in [-0.4, -0.2) is 85.4 Å². The highest BCUT2D eigenvalue weighted by atomic mass is 16.5. The lowest BCUT2D eigenvalue weighted by Gasteiger charge is -2.42. The summed E-state index contributed by atoms with van der Waals surface area (Å²) >= 11 is 0. The molecule has 5 rings (SSSR count). The summed E-state index contributed by atoms with van der Waals surface area (Å²) < 4.78 is 6.57. The third-order valence-corrected chi connectivity index (χ3v) is 6.40. The maximum atomic E-state index is 11.4. The minimum Gasteiger partial charge on any atom is -0.456 e. The van der Waals surface area contributed by atoms with E-state index in [4.69, 9.17) is 4.74 Å². The van der Waals surface area contributed by atoms with Gasteiger partial charge in [0.05, 0.1) is 11.8 Å². The molecule has 2 aromatic rings. The molecule has 2 aromatic heterocycles.